The standard InChI is InChI=1S/C14H18N2/c1-11(14-7-5-4-6-8-14)12(2)16-10-9-15-13(16)3/h4-12H,1-3H3. The van der Waals surface area contributed by atoms with Gasteiger partial charge in [0.05, 0.1) is 0 Å². The highest BCUT2D eigenvalue weighted by molar-refractivity contribution is 5.20. The average molecular weight is 214 g/mol. The molecule has 1 aromatic carbocycles. The Morgan fingerprint density at radius 1 is 1.12 bits per heavy atom. The minimum Gasteiger partial charge on any atom is -0.332 e. The summed E-state index contributed by atoms with van der Waals surface area (Å²) in [5.74, 6) is 1.57. The van der Waals surface area contributed by atoms with E-state index in [1.54, 1.807) is 0 Å². The third-order valence-corrected chi connectivity index (χ3v) is 3.35. The van der Waals surface area contributed by atoms with E-state index in [0.717, 1.165) is 5.82 Å². The molecule has 0 aliphatic heterocycles. The second-order valence-electron chi connectivity index (χ2n) is 4.32. The molecule has 0 saturated carbocycles. The first-order valence-corrected chi connectivity index (χ1v) is 5.74. The molecule has 0 bridgehead atoms. The molecule has 1 aromatic heterocycles. The van der Waals surface area contributed by atoms with E-state index in [9.17, 15) is 0 Å². The molecule has 2 aromatic rings. The second kappa shape index (κ2) is 4.52. The van der Waals surface area contributed by atoms with Crippen LogP contribution in [0.3, 0.4) is 0 Å². The van der Waals surface area contributed by atoms with Crippen LogP contribution in [-0.4, -0.2) is 9.55 Å². The Bertz CT molecular complexity index is 445. The molecule has 1 heterocycles. The fourth-order valence-electron chi connectivity index (χ4n) is 2.09. The van der Waals surface area contributed by atoms with Gasteiger partial charge in [-0.1, -0.05) is 37.3 Å². The van der Waals surface area contributed by atoms with Gasteiger partial charge in [-0.15, -0.1) is 0 Å². The summed E-state index contributed by atoms with van der Waals surface area (Å²) in [6.07, 6.45) is 3.92. The van der Waals surface area contributed by atoms with Crippen LogP contribution >= 0.6 is 0 Å². The zero-order valence-corrected chi connectivity index (χ0v) is 10.1. The lowest BCUT2D eigenvalue weighted by Gasteiger charge is -2.22. The minimum absolute atomic E-state index is 0.435. The first kappa shape index (κ1) is 10.9. The molecule has 0 N–H and O–H groups in total. The monoisotopic (exact) mass is 214 g/mol. The number of rotatable bonds is 3. The SMILES string of the molecule is Cc1nccn1C(C)C(C)c1ccccc1. The van der Waals surface area contributed by atoms with Crippen LogP contribution in [0.25, 0.3) is 0 Å². The summed E-state index contributed by atoms with van der Waals surface area (Å²) in [5, 5.41) is 0. The lowest BCUT2D eigenvalue weighted by molar-refractivity contribution is 0.459. The summed E-state index contributed by atoms with van der Waals surface area (Å²) in [5.41, 5.74) is 1.38. The quantitative estimate of drug-likeness (QED) is 0.764. The number of hydrogen-bond acceptors (Lipinski definition) is 1. The summed E-state index contributed by atoms with van der Waals surface area (Å²) in [6, 6.07) is 11.1. The molecule has 0 aliphatic rings. The van der Waals surface area contributed by atoms with E-state index in [2.05, 4.69) is 59.9 Å². The summed E-state index contributed by atoms with van der Waals surface area (Å²) in [4.78, 5) is 4.28. The molecule has 0 radical (unpaired) electrons. The van der Waals surface area contributed by atoms with Crippen molar-refractivity contribution in [2.75, 3.05) is 0 Å². The van der Waals surface area contributed by atoms with E-state index in [-0.39, 0.29) is 0 Å². The fraction of sp³-hybridized carbons (Fsp3) is 0.357. The lowest BCUT2D eigenvalue weighted by Crippen LogP contribution is -2.13. The number of aryl methyl sites for hydroxylation is 1. The largest absolute Gasteiger partial charge is 0.332 e. The van der Waals surface area contributed by atoms with Crippen LogP contribution in [0.4, 0.5) is 0 Å². The molecule has 0 spiro atoms. The number of benzene rings is 1. The molecular formula is C14H18N2. The predicted octanol–water partition coefficient (Wildman–Crippen LogP) is 3.56. The van der Waals surface area contributed by atoms with Crippen molar-refractivity contribution >= 4 is 0 Å². The van der Waals surface area contributed by atoms with Crippen LogP contribution < -0.4 is 0 Å². The van der Waals surface area contributed by atoms with Crippen molar-refractivity contribution in [3.63, 3.8) is 0 Å². The molecule has 2 atom stereocenters. The smallest absolute Gasteiger partial charge is 0.105 e. The van der Waals surface area contributed by atoms with Gasteiger partial charge in [0.1, 0.15) is 5.82 Å². The second-order valence-corrected chi connectivity index (χ2v) is 4.32. The zero-order valence-electron chi connectivity index (χ0n) is 10.1. The van der Waals surface area contributed by atoms with Crippen molar-refractivity contribution < 1.29 is 0 Å². The topological polar surface area (TPSA) is 17.8 Å². The number of hydrogen-bond donors (Lipinski definition) is 0. The Labute approximate surface area is 97.0 Å². The van der Waals surface area contributed by atoms with Gasteiger partial charge in [0, 0.05) is 24.4 Å². The van der Waals surface area contributed by atoms with Crippen LogP contribution in [0.5, 0.6) is 0 Å². The maximum atomic E-state index is 4.28. The van der Waals surface area contributed by atoms with Gasteiger partial charge < -0.3 is 4.57 Å². The lowest BCUT2D eigenvalue weighted by atomic mass is 9.94. The first-order valence-electron chi connectivity index (χ1n) is 5.74. The van der Waals surface area contributed by atoms with Crippen LogP contribution in [0, 0.1) is 6.92 Å². The third kappa shape index (κ3) is 2.01. The highest BCUT2D eigenvalue weighted by Crippen LogP contribution is 2.28. The Kier molecular flexibility index (Phi) is 3.09. The molecule has 2 rings (SSSR count). The zero-order chi connectivity index (χ0) is 11.5. The summed E-state index contributed by atoms with van der Waals surface area (Å²) < 4.78 is 2.23. The molecule has 0 fully saturated rings. The van der Waals surface area contributed by atoms with E-state index in [4.69, 9.17) is 0 Å². The van der Waals surface area contributed by atoms with Crippen molar-refractivity contribution in [3.8, 4) is 0 Å². The molecule has 84 valence electrons. The highest BCUT2D eigenvalue weighted by Gasteiger charge is 2.16. The molecule has 0 amide bonds. The maximum Gasteiger partial charge on any atom is 0.105 e. The Hall–Kier alpha value is -1.57. The number of imidazole rings is 1. The van der Waals surface area contributed by atoms with E-state index in [1.807, 2.05) is 13.1 Å². The van der Waals surface area contributed by atoms with Gasteiger partial charge in [0.15, 0.2) is 0 Å². The summed E-state index contributed by atoms with van der Waals surface area (Å²) in [7, 11) is 0. The molecule has 0 saturated heterocycles. The fourth-order valence-corrected chi connectivity index (χ4v) is 2.09. The summed E-state index contributed by atoms with van der Waals surface area (Å²) in [6.45, 7) is 6.56. The minimum atomic E-state index is 0.435. The van der Waals surface area contributed by atoms with Gasteiger partial charge in [0.2, 0.25) is 0 Å². The first-order chi connectivity index (χ1) is 7.70. The third-order valence-electron chi connectivity index (χ3n) is 3.35. The Balaban J connectivity index is 2.23. The highest BCUT2D eigenvalue weighted by atomic mass is 15.1. The molecule has 2 nitrogen and oxygen atoms in total. The van der Waals surface area contributed by atoms with Crippen molar-refractivity contribution in [1.82, 2.24) is 9.55 Å². The van der Waals surface area contributed by atoms with E-state index >= 15 is 0 Å². The summed E-state index contributed by atoms with van der Waals surface area (Å²) >= 11 is 0. The van der Waals surface area contributed by atoms with Gasteiger partial charge in [-0.2, -0.15) is 0 Å². The Morgan fingerprint density at radius 2 is 1.81 bits per heavy atom. The molecule has 2 heteroatoms. The van der Waals surface area contributed by atoms with Gasteiger partial charge in [-0.3, -0.25) is 0 Å². The van der Waals surface area contributed by atoms with Crippen molar-refractivity contribution in [1.29, 1.82) is 0 Å². The Morgan fingerprint density at radius 3 is 2.38 bits per heavy atom. The molecule has 16 heavy (non-hydrogen) atoms. The van der Waals surface area contributed by atoms with E-state index < -0.39 is 0 Å². The molecule has 0 aliphatic carbocycles. The van der Waals surface area contributed by atoms with Gasteiger partial charge in [-0.25, -0.2) is 4.98 Å². The number of nitrogens with zero attached hydrogens (tertiary/aromatic N) is 2. The van der Waals surface area contributed by atoms with Crippen LogP contribution in [0.2, 0.25) is 0 Å². The predicted molar refractivity (Wildman–Crippen MR) is 66.5 cm³/mol. The van der Waals surface area contributed by atoms with Gasteiger partial charge >= 0.3 is 0 Å². The van der Waals surface area contributed by atoms with E-state index in [1.165, 1.54) is 5.56 Å². The molecular weight excluding hydrogens is 196 g/mol. The number of aromatic nitrogens is 2. The van der Waals surface area contributed by atoms with Gasteiger partial charge in [0.25, 0.3) is 0 Å². The van der Waals surface area contributed by atoms with Crippen molar-refractivity contribution in [3.05, 3.63) is 54.1 Å². The van der Waals surface area contributed by atoms with Crippen LogP contribution in [-0.2, 0) is 0 Å². The maximum absolute atomic E-state index is 4.28. The average Bonchev–Trinajstić information content (AvgIpc) is 2.75. The molecule has 2 unspecified atom stereocenters. The van der Waals surface area contributed by atoms with Crippen LogP contribution in [0.15, 0.2) is 42.7 Å². The van der Waals surface area contributed by atoms with Crippen molar-refractivity contribution in [2.45, 2.75) is 32.7 Å². The van der Waals surface area contributed by atoms with Crippen LogP contribution in [0.1, 0.15) is 37.2 Å². The normalized spacial score (nSPS) is 14.7. The van der Waals surface area contributed by atoms with Gasteiger partial charge in [-0.05, 0) is 19.4 Å². The van der Waals surface area contributed by atoms with E-state index in [0.29, 0.717) is 12.0 Å². The van der Waals surface area contributed by atoms with Crippen molar-refractivity contribution in [2.24, 2.45) is 0 Å².